The molecule has 0 unspecified atom stereocenters. The standard InChI is InChI=1S/C19H19FN2O3S/c1-12(2)15-9-8-14(18-10-13(3)21-25-18)11-19(15)26(23,24)22-17-7-5-4-6-16(17)20/h4-12,22H,1-3H3. The van der Waals surface area contributed by atoms with Gasteiger partial charge < -0.3 is 4.52 Å². The Balaban J connectivity index is 2.10. The highest BCUT2D eigenvalue weighted by Gasteiger charge is 2.23. The summed E-state index contributed by atoms with van der Waals surface area (Å²) in [5.41, 5.74) is 1.82. The normalized spacial score (nSPS) is 11.7. The van der Waals surface area contributed by atoms with Crippen LogP contribution in [0.25, 0.3) is 11.3 Å². The summed E-state index contributed by atoms with van der Waals surface area (Å²) in [7, 11) is -3.99. The van der Waals surface area contributed by atoms with E-state index in [-0.39, 0.29) is 16.5 Å². The fourth-order valence-corrected chi connectivity index (χ4v) is 4.10. The van der Waals surface area contributed by atoms with Crippen LogP contribution in [0.1, 0.15) is 31.0 Å². The first-order valence-corrected chi connectivity index (χ1v) is 9.61. The van der Waals surface area contributed by atoms with E-state index in [4.69, 9.17) is 4.52 Å². The number of hydrogen-bond donors (Lipinski definition) is 1. The molecule has 1 N–H and O–H groups in total. The predicted molar refractivity (Wildman–Crippen MR) is 98.0 cm³/mol. The number of nitrogens with one attached hydrogen (secondary N) is 1. The van der Waals surface area contributed by atoms with E-state index in [0.29, 0.717) is 22.6 Å². The molecule has 0 bridgehead atoms. The Morgan fingerprint density at radius 2 is 1.85 bits per heavy atom. The number of nitrogens with zero attached hydrogens (tertiary/aromatic N) is 1. The lowest BCUT2D eigenvalue weighted by atomic mass is 10.0. The highest BCUT2D eigenvalue weighted by Crippen LogP contribution is 2.31. The van der Waals surface area contributed by atoms with Crippen molar-refractivity contribution in [2.45, 2.75) is 31.6 Å². The van der Waals surface area contributed by atoms with E-state index in [9.17, 15) is 12.8 Å². The molecule has 2 aromatic carbocycles. The van der Waals surface area contributed by atoms with E-state index in [1.807, 2.05) is 13.8 Å². The van der Waals surface area contributed by atoms with Crippen molar-refractivity contribution in [3.63, 3.8) is 0 Å². The van der Waals surface area contributed by atoms with Crippen molar-refractivity contribution in [2.24, 2.45) is 0 Å². The average Bonchev–Trinajstić information content (AvgIpc) is 3.02. The second kappa shape index (κ2) is 6.92. The van der Waals surface area contributed by atoms with E-state index < -0.39 is 15.8 Å². The van der Waals surface area contributed by atoms with Gasteiger partial charge in [-0.1, -0.05) is 43.3 Å². The van der Waals surface area contributed by atoms with E-state index in [1.54, 1.807) is 31.2 Å². The van der Waals surface area contributed by atoms with Crippen LogP contribution in [0.15, 0.2) is 57.9 Å². The van der Waals surface area contributed by atoms with E-state index in [2.05, 4.69) is 9.88 Å². The van der Waals surface area contributed by atoms with Gasteiger partial charge in [0.05, 0.1) is 16.3 Å². The zero-order valence-corrected chi connectivity index (χ0v) is 15.5. The van der Waals surface area contributed by atoms with Gasteiger partial charge in [-0.15, -0.1) is 0 Å². The lowest BCUT2D eigenvalue weighted by Crippen LogP contribution is -2.16. The molecule has 0 fully saturated rings. The number of aromatic nitrogens is 1. The van der Waals surface area contributed by atoms with Gasteiger partial charge in [0, 0.05) is 11.6 Å². The van der Waals surface area contributed by atoms with Crippen LogP contribution >= 0.6 is 0 Å². The van der Waals surface area contributed by atoms with Gasteiger partial charge in [-0.2, -0.15) is 0 Å². The molecular weight excluding hydrogens is 355 g/mol. The molecule has 0 aliphatic heterocycles. The highest BCUT2D eigenvalue weighted by molar-refractivity contribution is 7.92. The summed E-state index contributed by atoms with van der Waals surface area (Å²) < 4.78 is 47.3. The van der Waals surface area contributed by atoms with Gasteiger partial charge >= 0.3 is 0 Å². The molecule has 0 atom stereocenters. The van der Waals surface area contributed by atoms with Crippen LogP contribution in [0, 0.1) is 12.7 Å². The van der Waals surface area contributed by atoms with Gasteiger partial charge in [0.1, 0.15) is 5.82 Å². The van der Waals surface area contributed by atoms with Gasteiger partial charge in [0.15, 0.2) is 5.76 Å². The van der Waals surface area contributed by atoms with E-state index >= 15 is 0 Å². The minimum absolute atomic E-state index is 0.0345. The first-order chi connectivity index (χ1) is 12.3. The van der Waals surface area contributed by atoms with Crippen molar-refractivity contribution >= 4 is 15.7 Å². The van der Waals surface area contributed by atoms with Crippen molar-refractivity contribution in [1.29, 1.82) is 0 Å². The number of para-hydroxylation sites is 1. The summed E-state index contributed by atoms with van der Waals surface area (Å²) in [5.74, 6) is -0.197. The average molecular weight is 374 g/mol. The Kier molecular flexibility index (Phi) is 4.82. The molecule has 26 heavy (non-hydrogen) atoms. The summed E-state index contributed by atoms with van der Waals surface area (Å²) in [4.78, 5) is 0.0855. The number of rotatable bonds is 5. The second-order valence-corrected chi connectivity index (χ2v) is 7.98. The third-order valence-electron chi connectivity index (χ3n) is 3.96. The molecular formula is C19H19FN2O3S. The first-order valence-electron chi connectivity index (χ1n) is 8.13. The zero-order chi connectivity index (χ0) is 18.9. The van der Waals surface area contributed by atoms with Crippen LogP contribution in [0.5, 0.6) is 0 Å². The molecule has 0 spiro atoms. The van der Waals surface area contributed by atoms with Crippen LogP contribution in [-0.2, 0) is 10.0 Å². The van der Waals surface area contributed by atoms with E-state index in [1.165, 1.54) is 24.3 Å². The quantitative estimate of drug-likeness (QED) is 0.702. The predicted octanol–water partition coefficient (Wildman–Crippen LogP) is 4.71. The van der Waals surface area contributed by atoms with Crippen molar-refractivity contribution in [3.8, 4) is 11.3 Å². The first kappa shape index (κ1) is 18.1. The fourth-order valence-electron chi connectivity index (χ4n) is 2.64. The molecule has 0 aliphatic rings. The number of halogens is 1. The number of aryl methyl sites for hydroxylation is 1. The van der Waals surface area contributed by atoms with E-state index in [0.717, 1.165) is 0 Å². The molecule has 7 heteroatoms. The van der Waals surface area contributed by atoms with Crippen molar-refractivity contribution in [2.75, 3.05) is 4.72 Å². The van der Waals surface area contributed by atoms with Gasteiger partial charge in [-0.3, -0.25) is 4.72 Å². The maximum atomic E-state index is 13.9. The molecule has 0 saturated carbocycles. The molecule has 0 saturated heterocycles. The Hall–Kier alpha value is -2.67. The fraction of sp³-hybridized carbons (Fsp3) is 0.211. The lowest BCUT2D eigenvalue weighted by molar-refractivity contribution is 0.427. The van der Waals surface area contributed by atoms with Gasteiger partial charge in [0.25, 0.3) is 10.0 Å². The molecule has 3 aromatic rings. The van der Waals surface area contributed by atoms with Crippen LogP contribution in [0.4, 0.5) is 10.1 Å². The summed E-state index contributed by atoms with van der Waals surface area (Å²) in [5, 5.41) is 3.83. The maximum Gasteiger partial charge on any atom is 0.262 e. The van der Waals surface area contributed by atoms with Gasteiger partial charge in [0.2, 0.25) is 0 Å². The smallest absolute Gasteiger partial charge is 0.262 e. The molecule has 5 nitrogen and oxygen atoms in total. The molecule has 136 valence electrons. The molecule has 1 aromatic heterocycles. The maximum absolute atomic E-state index is 13.9. The van der Waals surface area contributed by atoms with Crippen molar-refractivity contribution in [1.82, 2.24) is 5.16 Å². The van der Waals surface area contributed by atoms with Crippen molar-refractivity contribution < 1.29 is 17.3 Å². The number of benzene rings is 2. The molecule has 3 rings (SSSR count). The number of anilines is 1. The third-order valence-corrected chi connectivity index (χ3v) is 5.38. The molecule has 0 amide bonds. The molecule has 0 aliphatic carbocycles. The van der Waals surface area contributed by atoms with Crippen LogP contribution in [0.3, 0.4) is 0 Å². The molecule has 0 radical (unpaired) electrons. The minimum atomic E-state index is -3.99. The Morgan fingerprint density at radius 3 is 2.46 bits per heavy atom. The number of sulfonamides is 1. The Bertz CT molecular complexity index is 1040. The molecule has 1 heterocycles. The van der Waals surface area contributed by atoms with Crippen LogP contribution in [-0.4, -0.2) is 13.6 Å². The minimum Gasteiger partial charge on any atom is -0.356 e. The van der Waals surface area contributed by atoms with Gasteiger partial charge in [-0.05, 0) is 36.6 Å². The lowest BCUT2D eigenvalue weighted by Gasteiger charge is -2.16. The summed E-state index contributed by atoms with van der Waals surface area (Å²) in [6.07, 6.45) is 0. The van der Waals surface area contributed by atoms with Crippen LogP contribution in [0.2, 0.25) is 0 Å². The second-order valence-electron chi connectivity index (χ2n) is 6.33. The summed E-state index contributed by atoms with van der Waals surface area (Å²) in [6.45, 7) is 5.58. The van der Waals surface area contributed by atoms with Crippen molar-refractivity contribution in [3.05, 3.63) is 65.6 Å². The number of hydrogen-bond acceptors (Lipinski definition) is 4. The van der Waals surface area contributed by atoms with Crippen LogP contribution < -0.4 is 4.72 Å². The highest BCUT2D eigenvalue weighted by atomic mass is 32.2. The largest absolute Gasteiger partial charge is 0.356 e. The third kappa shape index (κ3) is 3.62. The SMILES string of the molecule is Cc1cc(-c2ccc(C(C)C)c(S(=O)(=O)Nc3ccccc3F)c2)on1. The Labute approximate surface area is 151 Å². The summed E-state index contributed by atoms with van der Waals surface area (Å²) >= 11 is 0. The topological polar surface area (TPSA) is 72.2 Å². The monoisotopic (exact) mass is 374 g/mol. The zero-order valence-electron chi connectivity index (χ0n) is 14.7. The van der Waals surface area contributed by atoms with Gasteiger partial charge in [-0.25, -0.2) is 12.8 Å². The summed E-state index contributed by atoms with van der Waals surface area (Å²) in [6, 6.07) is 12.4. The Morgan fingerprint density at radius 1 is 1.12 bits per heavy atom.